The van der Waals surface area contributed by atoms with E-state index in [4.69, 9.17) is 11.6 Å². The Kier molecular flexibility index (Phi) is 6.68. The molecular weight excluding hydrogens is 516 g/mol. The molecule has 27 heavy (non-hydrogen) atoms. The fourth-order valence-corrected chi connectivity index (χ4v) is 4.83. The molecule has 8 heteroatoms. The second kappa shape index (κ2) is 8.82. The highest BCUT2D eigenvalue weighted by Crippen LogP contribution is 2.37. The van der Waals surface area contributed by atoms with Gasteiger partial charge in [0.15, 0.2) is 5.17 Å². The summed E-state index contributed by atoms with van der Waals surface area (Å²) in [4.78, 5) is 19.7. The maximum absolute atomic E-state index is 12.9. The first kappa shape index (κ1) is 20.5. The molecule has 1 aliphatic heterocycles. The van der Waals surface area contributed by atoms with Crippen molar-refractivity contribution < 1.29 is 9.90 Å². The molecule has 0 atom stereocenters. The van der Waals surface area contributed by atoms with E-state index in [1.165, 1.54) is 11.8 Å². The molecule has 2 aromatic rings. The van der Waals surface area contributed by atoms with Gasteiger partial charge in [-0.3, -0.25) is 9.69 Å². The number of carbonyl (C=O) groups is 1. The van der Waals surface area contributed by atoms with Crippen LogP contribution in [0.4, 0.5) is 5.69 Å². The number of thioether (sulfide) groups is 1. The van der Waals surface area contributed by atoms with Crippen LogP contribution in [0.15, 0.2) is 55.2 Å². The van der Waals surface area contributed by atoms with Crippen LogP contribution < -0.4 is 0 Å². The summed E-state index contributed by atoms with van der Waals surface area (Å²) in [5, 5.41) is 11.1. The van der Waals surface area contributed by atoms with E-state index in [9.17, 15) is 9.90 Å². The number of phenols is 1. The van der Waals surface area contributed by atoms with Gasteiger partial charge in [-0.2, -0.15) is 0 Å². The monoisotopic (exact) mass is 528 g/mol. The molecule has 0 spiro atoms. The zero-order chi connectivity index (χ0) is 19.6. The summed E-state index contributed by atoms with van der Waals surface area (Å²) < 4.78 is 1.11. The first-order chi connectivity index (χ1) is 12.9. The molecule has 1 heterocycles. The summed E-state index contributed by atoms with van der Waals surface area (Å²) in [6, 6.07) is 10.7. The van der Waals surface area contributed by atoms with E-state index in [0.29, 0.717) is 30.6 Å². The summed E-state index contributed by atoms with van der Waals surface area (Å²) in [5.41, 5.74) is 1.54. The number of amidine groups is 1. The third-order valence-corrected chi connectivity index (χ3v) is 6.19. The minimum Gasteiger partial charge on any atom is -0.506 e. The largest absolute Gasteiger partial charge is 0.506 e. The molecule has 0 unspecified atom stereocenters. The van der Waals surface area contributed by atoms with Crippen molar-refractivity contribution in [2.45, 2.75) is 13.3 Å². The Hall–Kier alpha value is -1.28. The third-order valence-electron chi connectivity index (χ3n) is 3.72. The molecule has 1 N–H and O–H groups in total. The number of rotatable bonds is 4. The average Bonchev–Trinajstić information content (AvgIpc) is 2.91. The van der Waals surface area contributed by atoms with Crippen molar-refractivity contribution in [3.8, 4) is 5.75 Å². The summed E-state index contributed by atoms with van der Waals surface area (Å²) >= 11 is 13.9. The summed E-state index contributed by atoms with van der Waals surface area (Å²) in [5.74, 6) is 0.0510. The van der Waals surface area contributed by atoms with Crippen molar-refractivity contribution in [3.63, 3.8) is 0 Å². The number of benzene rings is 2. The highest BCUT2D eigenvalue weighted by molar-refractivity contribution is 9.11. The van der Waals surface area contributed by atoms with E-state index in [0.717, 1.165) is 17.7 Å². The van der Waals surface area contributed by atoms with Crippen molar-refractivity contribution in [2.24, 2.45) is 4.99 Å². The lowest BCUT2D eigenvalue weighted by atomic mass is 10.2. The first-order valence-electron chi connectivity index (χ1n) is 8.12. The molecule has 0 aliphatic carbocycles. The zero-order valence-electron chi connectivity index (χ0n) is 14.2. The van der Waals surface area contributed by atoms with E-state index in [-0.39, 0.29) is 11.7 Å². The number of aliphatic imine (C=N–C) groups is 1. The van der Waals surface area contributed by atoms with Crippen LogP contribution in [0.2, 0.25) is 5.02 Å². The van der Waals surface area contributed by atoms with Gasteiger partial charge in [0.2, 0.25) is 0 Å². The highest BCUT2D eigenvalue weighted by Gasteiger charge is 2.32. The van der Waals surface area contributed by atoms with E-state index >= 15 is 0 Å². The summed E-state index contributed by atoms with van der Waals surface area (Å²) in [6.07, 6.45) is 2.63. The highest BCUT2D eigenvalue weighted by atomic mass is 79.9. The predicted octanol–water partition coefficient (Wildman–Crippen LogP) is 6.58. The van der Waals surface area contributed by atoms with Gasteiger partial charge in [0.25, 0.3) is 5.91 Å². The van der Waals surface area contributed by atoms with Gasteiger partial charge in [-0.05, 0) is 98.1 Å². The Morgan fingerprint density at radius 3 is 2.44 bits per heavy atom. The molecule has 140 valence electrons. The number of carbonyl (C=O) groups excluding carboxylic acids is 1. The Morgan fingerprint density at radius 2 is 1.85 bits per heavy atom. The van der Waals surface area contributed by atoms with Gasteiger partial charge in [0.1, 0.15) is 5.75 Å². The maximum atomic E-state index is 12.9. The lowest BCUT2D eigenvalue weighted by Crippen LogP contribution is -2.29. The molecule has 0 saturated carbocycles. The quantitative estimate of drug-likeness (QED) is 0.454. The minimum atomic E-state index is -0.0742. The van der Waals surface area contributed by atoms with E-state index in [1.54, 1.807) is 35.2 Å². The Balaban J connectivity index is 1.96. The SMILES string of the molecule is CCCN1C(=O)/C(=C/c2cc(Br)c(O)c(Br)c2)SC1=Nc1ccc(Cl)cc1. The van der Waals surface area contributed by atoms with Gasteiger partial charge in [-0.1, -0.05) is 18.5 Å². The Morgan fingerprint density at radius 1 is 1.22 bits per heavy atom. The van der Waals surface area contributed by atoms with Crippen molar-refractivity contribution in [1.82, 2.24) is 4.90 Å². The predicted molar refractivity (Wildman–Crippen MR) is 120 cm³/mol. The smallest absolute Gasteiger partial charge is 0.266 e. The van der Waals surface area contributed by atoms with Crippen LogP contribution in [0.1, 0.15) is 18.9 Å². The van der Waals surface area contributed by atoms with Gasteiger partial charge in [0, 0.05) is 11.6 Å². The number of hydrogen-bond donors (Lipinski definition) is 1. The van der Waals surface area contributed by atoms with Crippen LogP contribution >= 0.6 is 55.2 Å². The molecule has 2 aromatic carbocycles. The van der Waals surface area contributed by atoms with Crippen molar-refractivity contribution >= 4 is 78.1 Å². The molecule has 0 radical (unpaired) electrons. The normalized spacial score (nSPS) is 17.3. The van der Waals surface area contributed by atoms with Crippen molar-refractivity contribution in [1.29, 1.82) is 0 Å². The molecule has 1 fully saturated rings. The van der Waals surface area contributed by atoms with Gasteiger partial charge < -0.3 is 5.11 Å². The van der Waals surface area contributed by atoms with Gasteiger partial charge in [-0.25, -0.2) is 4.99 Å². The molecule has 1 amide bonds. The van der Waals surface area contributed by atoms with E-state index in [1.807, 2.05) is 19.1 Å². The second-order valence-electron chi connectivity index (χ2n) is 5.77. The maximum Gasteiger partial charge on any atom is 0.266 e. The molecule has 0 bridgehead atoms. The van der Waals surface area contributed by atoms with Gasteiger partial charge in [-0.15, -0.1) is 0 Å². The van der Waals surface area contributed by atoms with Gasteiger partial charge in [0.05, 0.1) is 19.5 Å². The Bertz CT molecular complexity index is 922. The van der Waals surface area contributed by atoms with Crippen LogP contribution in [-0.4, -0.2) is 27.6 Å². The zero-order valence-corrected chi connectivity index (χ0v) is 19.0. The molecule has 0 aromatic heterocycles. The number of hydrogen-bond acceptors (Lipinski definition) is 4. The van der Waals surface area contributed by atoms with Crippen LogP contribution in [0.5, 0.6) is 5.75 Å². The standard InChI is InChI=1S/C19H15Br2ClN2O2S/c1-2-7-24-18(26)16(10-11-8-14(20)17(25)15(21)9-11)27-19(24)23-13-5-3-12(22)4-6-13/h3-6,8-10,25H,2,7H2,1H3/b16-10-,23-19?. The van der Waals surface area contributed by atoms with E-state index in [2.05, 4.69) is 36.9 Å². The summed E-state index contributed by atoms with van der Waals surface area (Å²) in [7, 11) is 0. The Labute approximate surface area is 183 Å². The lowest BCUT2D eigenvalue weighted by Gasteiger charge is -2.13. The number of aromatic hydroxyl groups is 1. The molecule has 1 saturated heterocycles. The fourth-order valence-electron chi connectivity index (χ4n) is 2.46. The molecular formula is C19H15Br2ClN2O2S. The molecule has 1 aliphatic rings. The number of phenolic OH excluding ortho intramolecular Hbond substituents is 1. The topological polar surface area (TPSA) is 52.9 Å². The number of halogens is 3. The third kappa shape index (κ3) is 4.77. The van der Waals surface area contributed by atoms with Crippen LogP contribution in [0.25, 0.3) is 6.08 Å². The van der Waals surface area contributed by atoms with Crippen molar-refractivity contribution in [3.05, 3.63) is 60.8 Å². The van der Waals surface area contributed by atoms with Crippen molar-refractivity contribution in [2.75, 3.05) is 6.54 Å². The number of amides is 1. The van der Waals surface area contributed by atoms with E-state index < -0.39 is 0 Å². The molecule has 3 rings (SSSR count). The van der Waals surface area contributed by atoms with Crippen LogP contribution in [0.3, 0.4) is 0 Å². The fraction of sp³-hybridized carbons (Fsp3) is 0.158. The lowest BCUT2D eigenvalue weighted by molar-refractivity contribution is -0.122. The molecule has 4 nitrogen and oxygen atoms in total. The minimum absolute atomic E-state index is 0.0742. The number of nitrogens with zero attached hydrogens (tertiary/aromatic N) is 2. The average molecular weight is 531 g/mol. The van der Waals surface area contributed by atoms with Crippen LogP contribution in [0, 0.1) is 0 Å². The second-order valence-corrected chi connectivity index (χ2v) is 8.93. The van der Waals surface area contributed by atoms with Gasteiger partial charge >= 0.3 is 0 Å². The van der Waals surface area contributed by atoms with Crippen LogP contribution in [-0.2, 0) is 4.79 Å². The summed E-state index contributed by atoms with van der Waals surface area (Å²) in [6.45, 7) is 2.62. The first-order valence-corrected chi connectivity index (χ1v) is 10.9.